The Morgan fingerprint density at radius 2 is 2.00 bits per heavy atom. The number of aromatic nitrogens is 1. The van der Waals surface area contributed by atoms with E-state index in [2.05, 4.69) is 27.7 Å². The molecule has 9 nitrogen and oxygen atoms in total. The molecule has 0 saturated heterocycles. The Bertz CT molecular complexity index is 711. The van der Waals surface area contributed by atoms with Crippen LogP contribution in [0.15, 0.2) is 12.1 Å². The number of aliphatic carboxylic acids is 1. The standard InChI is InChI=1S/C22H36N4O5/c1-16(29)24-20(22(30)31)9-12-26(13-17(14-27)15-28)11-3-2-6-19-8-7-18-5-4-10-23-21(18)25-19/h7-8,17,20,27-28H,2-6,9-15H2,1H3,(H,23,25)(H,24,29)(H,30,31). The van der Waals surface area contributed by atoms with Crippen LogP contribution >= 0.6 is 0 Å². The Balaban J connectivity index is 1.85. The fourth-order valence-corrected chi connectivity index (χ4v) is 3.80. The number of carboxylic acids is 1. The minimum absolute atomic E-state index is 0.132. The molecule has 5 N–H and O–H groups in total. The highest BCUT2D eigenvalue weighted by Crippen LogP contribution is 2.20. The van der Waals surface area contributed by atoms with Crippen LogP contribution in [0.5, 0.6) is 0 Å². The number of unbranched alkanes of at least 4 members (excludes halogenated alkanes) is 1. The number of carboxylic acid groups (broad SMARTS) is 1. The summed E-state index contributed by atoms with van der Waals surface area (Å²) in [5.41, 5.74) is 2.33. The summed E-state index contributed by atoms with van der Waals surface area (Å²) in [5, 5.41) is 34.0. The molecule has 1 aromatic rings. The maximum absolute atomic E-state index is 11.4. The number of aliphatic hydroxyl groups excluding tert-OH is 2. The van der Waals surface area contributed by atoms with Gasteiger partial charge in [0.05, 0.1) is 0 Å². The summed E-state index contributed by atoms with van der Waals surface area (Å²) < 4.78 is 0. The summed E-state index contributed by atoms with van der Waals surface area (Å²) >= 11 is 0. The minimum atomic E-state index is -1.07. The molecule has 1 amide bonds. The molecule has 0 bridgehead atoms. The molecular weight excluding hydrogens is 400 g/mol. The molecule has 0 radical (unpaired) electrons. The van der Waals surface area contributed by atoms with Gasteiger partial charge in [-0.1, -0.05) is 6.07 Å². The number of rotatable bonds is 14. The van der Waals surface area contributed by atoms with Gasteiger partial charge in [-0.05, 0) is 56.7 Å². The third kappa shape index (κ3) is 8.80. The van der Waals surface area contributed by atoms with E-state index in [-0.39, 0.29) is 31.5 Å². The Morgan fingerprint density at radius 1 is 1.23 bits per heavy atom. The average molecular weight is 437 g/mol. The van der Waals surface area contributed by atoms with Crippen LogP contribution in [0.25, 0.3) is 0 Å². The molecule has 174 valence electrons. The van der Waals surface area contributed by atoms with E-state index in [1.165, 1.54) is 12.5 Å². The van der Waals surface area contributed by atoms with E-state index in [1.54, 1.807) is 0 Å². The van der Waals surface area contributed by atoms with Crippen molar-refractivity contribution in [1.29, 1.82) is 0 Å². The molecule has 1 atom stereocenters. The van der Waals surface area contributed by atoms with Crippen LogP contribution < -0.4 is 10.6 Å². The maximum atomic E-state index is 11.4. The number of hydrogen-bond donors (Lipinski definition) is 5. The van der Waals surface area contributed by atoms with Crippen molar-refractivity contribution in [3.05, 3.63) is 23.4 Å². The lowest BCUT2D eigenvalue weighted by atomic mass is 10.1. The molecule has 2 heterocycles. The molecule has 9 heteroatoms. The number of carbonyl (C=O) groups is 2. The first-order valence-corrected chi connectivity index (χ1v) is 11.1. The van der Waals surface area contributed by atoms with Crippen molar-refractivity contribution >= 4 is 17.7 Å². The lowest BCUT2D eigenvalue weighted by Gasteiger charge is -2.27. The number of fused-ring (bicyclic) bond motifs is 1. The summed E-state index contributed by atoms with van der Waals surface area (Å²) in [7, 11) is 0. The highest BCUT2D eigenvalue weighted by molar-refractivity contribution is 5.82. The molecule has 0 fully saturated rings. The molecule has 31 heavy (non-hydrogen) atoms. The van der Waals surface area contributed by atoms with E-state index in [0.29, 0.717) is 19.6 Å². The molecule has 0 aromatic carbocycles. The van der Waals surface area contributed by atoms with E-state index >= 15 is 0 Å². The lowest BCUT2D eigenvalue weighted by Crippen LogP contribution is -2.43. The third-order valence-electron chi connectivity index (χ3n) is 5.55. The van der Waals surface area contributed by atoms with Gasteiger partial charge in [0, 0.05) is 51.4 Å². The van der Waals surface area contributed by atoms with Gasteiger partial charge >= 0.3 is 5.97 Å². The number of nitrogens with one attached hydrogen (secondary N) is 2. The highest BCUT2D eigenvalue weighted by atomic mass is 16.4. The predicted molar refractivity (Wildman–Crippen MR) is 118 cm³/mol. The Labute approximate surface area is 183 Å². The molecule has 1 aromatic heterocycles. The molecule has 1 aliphatic heterocycles. The molecule has 0 aliphatic carbocycles. The number of nitrogens with zero attached hydrogens (tertiary/aromatic N) is 2. The van der Waals surface area contributed by atoms with Gasteiger partial charge in [-0.25, -0.2) is 9.78 Å². The number of carbonyl (C=O) groups excluding carboxylic acids is 1. The first kappa shape index (κ1) is 25.0. The number of aryl methyl sites for hydroxylation is 2. The Hall–Kier alpha value is -2.23. The number of anilines is 1. The summed E-state index contributed by atoms with van der Waals surface area (Å²) in [6, 6.07) is 3.29. The molecule has 0 spiro atoms. The van der Waals surface area contributed by atoms with Crippen LogP contribution in [0.4, 0.5) is 5.82 Å². The molecule has 0 saturated carbocycles. The van der Waals surface area contributed by atoms with Crippen molar-refractivity contribution in [2.75, 3.05) is 44.7 Å². The van der Waals surface area contributed by atoms with Crippen molar-refractivity contribution < 1.29 is 24.9 Å². The zero-order valence-electron chi connectivity index (χ0n) is 18.3. The van der Waals surface area contributed by atoms with E-state index in [9.17, 15) is 24.9 Å². The average Bonchev–Trinajstić information content (AvgIpc) is 2.76. The molecular formula is C22H36N4O5. The van der Waals surface area contributed by atoms with E-state index in [4.69, 9.17) is 4.98 Å². The number of amides is 1. The van der Waals surface area contributed by atoms with Crippen molar-refractivity contribution in [3.8, 4) is 0 Å². The number of pyridine rings is 1. The van der Waals surface area contributed by atoms with Crippen molar-refractivity contribution in [2.24, 2.45) is 5.92 Å². The predicted octanol–water partition coefficient (Wildman–Crippen LogP) is 0.645. The second kappa shape index (κ2) is 13.2. The summed E-state index contributed by atoms with van der Waals surface area (Å²) in [4.78, 5) is 29.4. The van der Waals surface area contributed by atoms with E-state index in [1.807, 2.05) is 0 Å². The van der Waals surface area contributed by atoms with Crippen molar-refractivity contribution in [3.63, 3.8) is 0 Å². The number of hydrogen-bond acceptors (Lipinski definition) is 7. The van der Waals surface area contributed by atoms with Gasteiger partial charge in [-0.15, -0.1) is 0 Å². The van der Waals surface area contributed by atoms with E-state index in [0.717, 1.165) is 50.2 Å². The van der Waals surface area contributed by atoms with Crippen molar-refractivity contribution in [1.82, 2.24) is 15.2 Å². The lowest BCUT2D eigenvalue weighted by molar-refractivity contribution is -0.141. The summed E-state index contributed by atoms with van der Waals surface area (Å²) in [6.45, 7) is 3.64. The first-order chi connectivity index (χ1) is 14.9. The van der Waals surface area contributed by atoms with Crippen LogP contribution in [0.3, 0.4) is 0 Å². The van der Waals surface area contributed by atoms with Gasteiger partial charge in [-0.3, -0.25) is 4.79 Å². The van der Waals surface area contributed by atoms with Crippen LogP contribution in [0.1, 0.15) is 43.9 Å². The Morgan fingerprint density at radius 3 is 2.68 bits per heavy atom. The molecule has 1 unspecified atom stereocenters. The summed E-state index contributed by atoms with van der Waals surface area (Å²) in [6.07, 6.45) is 5.13. The monoisotopic (exact) mass is 436 g/mol. The first-order valence-electron chi connectivity index (χ1n) is 11.1. The van der Waals surface area contributed by atoms with E-state index < -0.39 is 12.0 Å². The quantitative estimate of drug-likeness (QED) is 0.268. The van der Waals surface area contributed by atoms with Gasteiger partial charge in [-0.2, -0.15) is 0 Å². The normalized spacial score (nSPS) is 14.2. The SMILES string of the molecule is CC(=O)NC(CCN(CCCCc1ccc2c(n1)NCCC2)CC(CO)CO)C(=O)O. The minimum Gasteiger partial charge on any atom is -0.480 e. The third-order valence-corrected chi connectivity index (χ3v) is 5.55. The largest absolute Gasteiger partial charge is 0.480 e. The van der Waals surface area contributed by atoms with Gasteiger partial charge < -0.3 is 30.9 Å². The fourth-order valence-electron chi connectivity index (χ4n) is 3.80. The molecule has 1 aliphatic rings. The highest BCUT2D eigenvalue weighted by Gasteiger charge is 2.21. The molecule has 2 rings (SSSR count). The zero-order chi connectivity index (χ0) is 22.6. The van der Waals surface area contributed by atoms with Crippen LogP contribution in [0, 0.1) is 5.92 Å². The van der Waals surface area contributed by atoms with Crippen LogP contribution in [-0.2, 0) is 22.4 Å². The summed E-state index contributed by atoms with van der Waals surface area (Å²) in [5.74, 6) is -0.730. The van der Waals surface area contributed by atoms with Crippen LogP contribution in [-0.4, -0.2) is 82.5 Å². The Kier molecular flexibility index (Phi) is 10.7. The van der Waals surface area contributed by atoms with Crippen molar-refractivity contribution in [2.45, 2.75) is 51.5 Å². The van der Waals surface area contributed by atoms with Crippen LogP contribution in [0.2, 0.25) is 0 Å². The topological polar surface area (TPSA) is 135 Å². The smallest absolute Gasteiger partial charge is 0.326 e. The van der Waals surface area contributed by atoms with Gasteiger partial charge in [0.1, 0.15) is 11.9 Å². The maximum Gasteiger partial charge on any atom is 0.326 e. The number of aliphatic hydroxyl groups is 2. The second-order valence-corrected chi connectivity index (χ2v) is 8.21. The zero-order valence-corrected chi connectivity index (χ0v) is 18.3. The van der Waals surface area contributed by atoms with Gasteiger partial charge in [0.2, 0.25) is 5.91 Å². The second-order valence-electron chi connectivity index (χ2n) is 8.21. The van der Waals surface area contributed by atoms with Gasteiger partial charge in [0.25, 0.3) is 0 Å². The van der Waals surface area contributed by atoms with Gasteiger partial charge in [0.15, 0.2) is 0 Å². The fraction of sp³-hybridized carbons (Fsp3) is 0.682.